The molecule has 0 amide bonds. The Morgan fingerprint density at radius 1 is 0.950 bits per heavy atom. The predicted molar refractivity (Wildman–Crippen MR) is 79.6 cm³/mol. The second-order valence-electron chi connectivity index (χ2n) is 4.17. The summed E-state index contributed by atoms with van der Waals surface area (Å²) in [6.45, 7) is 0. The molecular weight excluding hydrogens is 274 g/mol. The summed E-state index contributed by atoms with van der Waals surface area (Å²) in [4.78, 5) is 0. The molecule has 2 aromatic carbocycles. The molecule has 0 bridgehead atoms. The van der Waals surface area contributed by atoms with Crippen LogP contribution in [0.25, 0.3) is 17.1 Å². The maximum Gasteiger partial charge on any atom is 0.243 e. The third-order valence-electron chi connectivity index (χ3n) is 2.91. The van der Waals surface area contributed by atoms with Crippen molar-refractivity contribution in [3.63, 3.8) is 0 Å². The van der Waals surface area contributed by atoms with E-state index in [9.17, 15) is 0 Å². The van der Waals surface area contributed by atoms with Gasteiger partial charge in [0.15, 0.2) is 5.82 Å². The number of hydrazine groups is 1. The van der Waals surface area contributed by atoms with Crippen LogP contribution in [0.2, 0.25) is 5.02 Å². The van der Waals surface area contributed by atoms with Crippen LogP contribution in [0.15, 0.2) is 54.6 Å². The van der Waals surface area contributed by atoms with Crippen LogP contribution in [0.1, 0.15) is 0 Å². The molecule has 0 aliphatic rings. The van der Waals surface area contributed by atoms with Crippen molar-refractivity contribution < 1.29 is 0 Å². The largest absolute Gasteiger partial charge is 0.292 e. The second kappa shape index (κ2) is 5.32. The molecule has 0 aliphatic heterocycles. The van der Waals surface area contributed by atoms with Gasteiger partial charge in [-0.05, 0) is 36.4 Å². The summed E-state index contributed by atoms with van der Waals surface area (Å²) in [5.74, 6) is 6.68. The third kappa shape index (κ3) is 2.24. The lowest BCUT2D eigenvalue weighted by Gasteiger charge is -2.09. The summed E-state index contributed by atoms with van der Waals surface area (Å²) in [5.41, 5.74) is 4.39. The van der Waals surface area contributed by atoms with Gasteiger partial charge >= 0.3 is 0 Å². The van der Waals surface area contributed by atoms with Crippen molar-refractivity contribution in [1.29, 1.82) is 0 Å². The fourth-order valence-corrected chi connectivity index (χ4v) is 2.11. The van der Waals surface area contributed by atoms with Gasteiger partial charge in [0, 0.05) is 10.6 Å². The van der Waals surface area contributed by atoms with Gasteiger partial charge in [0.1, 0.15) is 0 Å². The number of hydrogen-bond donors (Lipinski definition) is 2. The normalized spacial score (nSPS) is 10.5. The quantitative estimate of drug-likeness (QED) is 0.573. The molecule has 0 saturated carbocycles. The minimum Gasteiger partial charge on any atom is -0.292 e. The molecule has 0 atom stereocenters. The molecule has 6 heteroatoms. The highest BCUT2D eigenvalue weighted by atomic mass is 35.5. The average molecular weight is 286 g/mol. The molecule has 5 nitrogen and oxygen atoms in total. The van der Waals surface area contributed by atoms with E-state index in [1.165, 1.54) is 0 Å². The van der Waals surface area contributed by atoms with E-state index < -0.39 is 0 Å². The van der Waals surface area contributed by atoms with E-state index in [0.29, 0.717) is 16.8 Å². The van der Waals surface area contributed by atoms with Crippen LogP contribution in [0.5, 0.6) is 0 Å². The lowest BCUT2D eigenvalue weighted by Crippen LogP contribution is -2.12. The Bertz CT molecular complexity index is 706. The van der Waals surface area contributed by atoms with Crippen molar-refractivity contribution in [2.45, 2.75) is 0 Å². The summed E-state index contributed by atoms with van der Waals surface area (Å²) in [5, 5.41) is 8.92. The number of nitrogens with zero attached hydrogens (tertiary/aromatic N) is 3. The Hall–Kier alpha value is -2.37. The van der Waals surface area contributed by atoms with Crippen LogP contribution >= 0.6 is 11.6 Å². The van der Waals surface area contributed by atoms with Gasteiger partial charge in [-0.15, -0.1) is 10.2 Å². The summed E-state index contributed by atoms with van der Waals surface area (Å²) in [6, 6.07) is 17.2. The summed E-state index contributed by atoms with van der Waals surface area (Å²) in [7, 11) is 0. The Labute approximate surface area is 121 Å². The van der Waals surface area contributed by atoms with E-state index in [1.807, 2.05) is 59.2 Å². The number of hydrogen-bond acceptors (Lipinski definition) is 4. The molecule has 3 rings (SSSR count). The highest BCUT2D eigenvalue weighted by molar-refractivity contribution is 6.30. The highest BCUT2D eigenvalue weighted by Gasteiger charge is 2.14. The molecule has 3 aromatic rings. The minimum atomic E-state index is 0.473. The maximum absolute atomic E-state index is 5.91. The molecule has 0 spiro atoms. The number of anilines is 1. The number of halogens is 1. The monoisotopic (exact) mass is 285 g/mol. The fourth-order valence-electron chi connectivity index (χ4n) is 1.99. The van der Waals surface area contributed by atoms with Gasteiger partial charge in [0.25, 0.3) is 0 Å². The number of aromatic nitrogens is 3. The predicted octanol–water partition coefficient (Wildman–Crippen LogP) is 2.87. The SMILES string of the molecule is NNc1nnc(-c2ccc(Cl)cc2)n1-c1ccccc1. The van der Waals surface area contributed by atoms with E-state index >= 15 is 0 Å². The molecule has 0 aliphatic carbocycles. The van der Waals surface area contributed by atoms with E-state index in [4.69, 9.17) is 17.4 Å². The lowest BCUT2D eigenvalue weighted by atomic mass is 10.2. The smallest absolute Gasteiger partial charge is 0.243 e. The molecular formula is C14H12ClN5. The van der Waals surface area contributed by atoms with E-state index in [1.54, 1.807) is 0 Å². The van der Waals surface area contributed by atoms with Crippen molar-refractivity contribution in [3.05, 3.63) is 59.6 Å². The van der Waals surface area contributed by atoms with Crippen LogP contribution in [0.4, 0.5) is 5.95 Å². The molecule has 100 valence electrons. The fraction of sp³-hybridized carbons (Fsp3) is 0. The molecule has 0 radical (unpaired) electrons. The maximum atomic E-state index is 5.91. The molecule has 1 heterocycles. The van der Waals surface area contributed by atoms with Crippen LogP contribution in [0, 0.1) is 0 Å². The number of rotatable bonds is 3. The first-order valence-corrected chi connectivity index (χ1v) is 6.41. The molecule has 20 heavy (non-hydrogen) atoms. The minimum absolute atomic E-state index is 0.473. The number of nitrogens with one attached hydrogen (secondary N) is 1. The first kappa shape index (κ1) is 12.7. The van der Waals surface area contributed by atoms with Gasteiger partial charge in [0.2, 0.25) is 5.95 Å². The number of benzene rings is 2. The number of para-hydroxylation sites is 1. The van der Waals surface area contributed by atoms with Gasteiger partial charge in [-0.25, -0.2) is 5.84 Å². The van der Waals surface area contributed by atoms with Crippen molar-refractivity contribution in [2.24, 2.45) is 5.84 Å². The summed E-state index contributed by atoms with van der Waals surface area (Å²) in [6.07, 6.45) is 0. The molecule has 0 unspecified atom stereocenters. The van der Waals surface area contributed by atoms with Gasteiger partial charge < -0.3 is 0 Å². The van der Waals surface area contributed by atoms with E-state index in [2.05, 4.69) is 15.6 Å². The lowest BCUT2D eigenvalue weighted by molar-refractivity contribution is 1.04. The van der Waals surface area contributed by atoms with E-state index in [0.717, 1.165) is 11.3 Å². The first-order chi connectivity index (χ1) is 9.79. The van der Waals surface area contributed by atoms with Gasteiger partial charge in [0.05, 0.1) is 5.69 Å². The zero-order chi connectivity index (χ0) is 13.9. The topological polar surface area (TPSA) is 68.8 Å². The first-order valence-electron chi connectivity index (χ1n) is 6.03. The van der Waals surface area contributed by atoms with Crippen molar-refractivity contribution in [1.82, 2.24) is 14.8 Å². The summed E-state index contributed by atoms with van der Waals surface area (Å²) < 4.78 is 1.85. The van der Waals surface area contributed by atoms with Crippen LogP contribution in [0.3, 0.4) is 0 Å². The summed E-state index contributed by atoms with van der Waals surface area (Å²) >= 11 is 5.91. The van der Waals surface area contributed by atoms with Crippen molar-refractivity contribution in [3.8, 4) is 17.1 Å². The van der Waals surface area contributed by atoms with Crippen LogP contribution in [-0.2, 0) is 0 Å². The van der Waals surface area contributed by atoms with Gasteiger partial charge in [-0.3, -0.25) is 9.99 Å². The molecule has 0 saturated heterocycles. The standard InChI is InChI=1S/C14H12ClN5/c15-11-8-6-10(7-9-11)13-18-19-14(17-16)20(13)12-4-2-1-3-5-12/h1-9H,16H2,(H,17,19). The zero-order valence-corrected chi connectivity index (χ0v) is 11.2. The zero-order valence-electron chi connectivity index (χ0n) is 10.5. The van der Waals surface area contributed by atoms with E-state index in [-0.39, 0.29) is 0 Å². The Morgan fingerprint density at radius 3 is 2.30 bits per heavy atom. The molecule has 1 aromatic heterocycles. The Kier molecular flexibility index (Phi) is 3.37. The van der Waals surface area contributed by atoms with Crippen molar-refractivity contribution in [2.75, 3.05) is 5.43 Å². The number of nitrogens with two attached hydrogens (primary N) is 1. The van der Waals surface area contributed by atoms with Crippen molar-refractivity contribution >= 4 is 17.5 Å². The highest BCUT2D eigenvalue weighted by Crippen LogP contribution is 2.25. The van der Waals surface area contributed by atoms with Crippen LogP contribution in [-0.4, -0.2) is 14.8 Å². The number of nitrogen functional groups attached to an aromatic ring is 1. The second-order valence-corrected chi connectivity index (χ2v) is 4.61. The molecule has 0 fully saturated rings. The van der Waals surface area contributed by atoms with Gasteiger partial charge in [-0.1, -0.05) is 29.8 Å². The Morgan fingerprint density at radius 2 is 1.65 bits per heavy atom. The van der Waals surface area contributed by atoms with Gasteiger partial charge in [-0.2, -0.15) is 0 Å². The Balaban J connectivity index is 2.17. The molecule has 3 N–H and O–H groups in total. The average Bonchev–Trinajstić information content (AvgIpc) is 2.93. The third-order valence-corrected chi connectivity index (χ3v) is 3.16. The van der Waals surface area contributed by atoms with Crippen LogP contribution < -0.4 is 11.3 Å².